The summed E-state index contributed by atoms with van der Waals surface area (Å²) in [6, 6.07) is 0. The van der Waals surface area contributed by atoms with E-state index in [0.29, 0.717) is 5.92 Å². The van der Waals surface area contributed by atoms with Crippen LogP contribution in [-0.4, -0.2) is 5.78 Å². The quantitative estimate of drug-likeness (QED) is 0.624. The van der Waals surface area contributed by atoms with Crippen LogP contribution in [0.4, 0.5) is 0 Å². The molecule has 0 heterocycles. The summed E-state index contributed by atoms with van der Waals surface area (Å²) in [6.45, 7) is 16.4. The molecule has 0 aliphatic rings. The zero-order chi connectivity index (χ0) is 11.6. The first kappa shape index (κ1) is 13.4. The van der Waals surface area contributed by atoms with Crippen LogP contribution in [-0.2, 0) is 4.79 Å². The van der Waals surface area contributed by atoms with Crippen LogP contribution in [0.25, 0.3) is 0 Å². The summed E-state index contributed by atoms with van der Waals surface area (Å²) in [5.74, 6) is 0.523. The van der Waals surface area contributed by atoms with Crippen LogP contribution in [0.3, 0.4) is 0 Å². The van der Waals surface area contributed by atoms with Gasteiger partial charge in [0.25, 0.3) is 0 Å². The largest absolute Gasteiger partial charge is 0.294 e. The summed E-state index contributed by atoms with van der Waals surface area (Å²) < 4.78 is 0. The fourth-order valence-electron chi connectivity index (χ4n) is 1.91. The van der Waals surface area contributed by atoms with Crippen molar-refractivity contribution in [2.45, 2.75) is 48.0 Å². The van der Waals surface area contributed by atoms with Gasteiger partial charge in [-0.2, -0.15) is 0 Å². The van der Waals surface area contributed by atoms with Crippen molar-refractivity contribution in [3.8, 4) is 0 Å². The first-order valence-corrected chi connectivity index (χ1v) is 5.30. The van der Waals surface area contributed by atoms with Crippen molar-refractivity contribution in [3.05, 3.63) is 12.7 Å². The van der Waals surface area contributed by atoms with Gasteiger partial charge < -0.3 is 0 Å². The van der Waals surface area contributed by atoms with Crippen LogP contribution < -0.4 is 0 Å². The SMILES string of the molecule is C=CC(=O)C(C)(CC(C)(C)C)C(C)C. The van der Waals surface area contributed by atoms with Crippen LogP contribution in [0.15, 0.2) is 12.7 Å². The lowest BCUT2D eigenvalue weighted by molar-refractivity contribution is -0.127. The lowest BCUT2D eigenvalue weighted by atomic mass is 9.66. The van der Waals surface area contributed by atoms with Gasteiger partial charge in [-0.15, -0.1) is 0 Å². The van der Waals surface area contributed by atoms with Gasteiger partial charge in [-0.25, -0.2) is 0 Å². The Balaban J connectivity index is 4.92. The van der Waals surface area contributed by atoms with Gasteiger partial charge in [-0.1, -0.05) is 48.1 Å². The molecular weight excluding hydrogens is 172 g/mol. The molecule has 1 heteroatoms. The monoisotopic (exact) mass is 196 g/mol. The first-order chi connectivity index (χ1) is 6.13. The van der Waals surface area contributed by atoms with E-state index >= 15 is 0 Å². The molecule has 0 aromatic rings. The fourth-order valence-corrected chi connectivity index (χ4v) is 1.91. The molecule has 1 atom stereocenters. The van der Waals surface area contributed by atoms with E-state index in [0.717, 1.165) is 6.42 Å². The van der Waals surface area contributed by atoms with Crippen LogP contribution in [0.1, 0.15) is 48.0 Å². The molecule has 0 radical (unpaired) electrons. The second-order valence-electron chi connectivity index (χ2n) is 5.88. The molecule has 0 aliphatic heterocycles. The highest BCUT2D eigenvalue weighted by atomic mass is 16.1. The minimum absolute atomic E-state index is 0.169. The number of hydrogen-bond donors (Lipinski definition) is 0. The molecule has 0 spiro atoms. The van der Waals surface area contributed by atoms with Gasteiger partial charge in [0.1, 0.15) is 0 Å². The Labute approximate surface area is 88.6 Å². The predicted molar refractivity (Wildman–Crippen MR) is 62.2 cm³/mol. The van der Waals surface area contributed by atoms with Gasteiger partial charge in [0.2, 0.25) is 0 Å². The van der Waals surface area contributed by atoms with Gasteiger partial charge in [0, 0.05) is 5.41 Å². The lowest BCUT2D eigenvalue weighted by Gasteiger charge is -2.37. The maximum absolute atomic E-state index is 11.8. The van der Waals surface area contributed by atoms with E-state index in [1.54, 1.807) is 0 Å². The molecule has 1 nitrogen and oxygen atoms in total. The minimum atomic E-state index is -0.264. The highest BCUT2D eigenvalue weighted by Gasteiger charge is 2.37. The van der Waals surface area contributed by atoms with E-state index in [-0.39, 0.29) is 16.6 Å². The molecule has 0 aromatic carbocycles. The Hall–Kier alpha value is -0.590. The zero-order valence-corrected chi connectivity index (χ0v) is 10.5. The van der Waals surface area contributed by atoms with Gasteiger partial charge in [-0.05, 0) is 23.8 Å². The summed E-state index contributed by atoms with van der Waals surface area (Å²) in [5.41, 5.74) is -0.0856. The Morgan fingerprint density at radius 3 is 1.93 bits per heavy atom. The van der Waals surface area contributed by atoms with E-state index < -0.39 is 0 Å². The average molecular weight is 196 g/mol. The highest BCUT2D eigenvalue weighted by Crippen LogP contribution is 2.40. The fraction of sp³-hybridized carbons (Fsp3) is 0.769. The molecule has 0 saturated carbocycles. The van der Waals surface area contributed by atoms with E-state index in [1.165, 1.54) is 6.08 Å². The molecule has 14 heavy (non-hydrogen) atoms. The van der Waals surface area contributed by atoms with E-state index in [4.69, 9.17) is 0 Å². The Morgan fingerprint density at radius 2 is 1.71 bits per heavy atom. The molecular formula is C13H24O. The third-order valence-corrected chi connectivity index (χ3v) is 2.92. The Bertz CT molecular complexity index is 220. The van der Waals surface area contributed by atoms with Crippen molar-refractivity contribution in [2.75, 3.05) is 0 Å². The van der Waals surface area contributed by atoms with Crippen molar-refractivity contribution in [3.63, 3.8) is 0 Å². The van der Waals surface area contributed by atoms with Crippen molar-refractivity contribution in [1.29, 1.82) is 0 Å². The highest BCUT2D eigenvalue weighted by molar-refractivity contribution is 5.94. The zero-order valence-electron chi connectivity index (χ0n) is 10.5. The van der Waals surface area contributed by atoms with Crippen LogP contribution in [0.2, 0.25) is 0 Å². The number of carbonyl (C=O) groups excluding carboxylic acids is 1. The second kappa shape index (κ2) is 4.29. The van der Waals surface area contributed by atoms with Gasteiger partial charge in [0.15, 0.2) is 5.78 Å². The summed E-state index contributed by atoms with van der Waals surface area (Å²) in [6.07, 6.45) is 2.37. The molecule has 82 valence electrons. The topological polar surface area (TPSA) is 17.1 Å². The minimum Gasteiger partial charge on any atom is -0.294 e. The molecule has 0 saturated heterocycles. The second-order valence-corrected chi connectivity index (χ2v) is 5.88. The maximum Gasteiger partial charge on any atom is 0.161 e. The standard InChI is InChI=1S/C13H24O/c1-8-11(14)13(7,10(2)3)9-12(4,5)6/h8,10H,1,9H2,2-7H3. The van der Waals surface area contributed by atoms with Crippen molar-refractivity contribution in [2.24, 2.45) is 16.7 Å². The van der Waals surface area contributed by atoms with E-state index in [2.05, 4.69) is 41.2 Å². The van der Waals surface area contributed by atoms with Crippen molar-refractivity contribution >= 4 is 5.78 Å². The van der Waals surface area contributed by atoms with Crippen molar-refractivity contribution in [1.82, 2.24) is 0 Å². The molecule has 0 aromatic heterocycles. The normalized spacial score (nSPS) is 16.5. The van der Waals surface area contributed by atoms with E-state index in [1.807, 2.05) is 6.92 Å². The number of ketones is 1. The summed E-state index contributed by atoms with van der Waals surface area (Å²) >= 11 is 0. The van der Waals surface area contributed by atoms with Gasteiger partial charge in [0.05, 0.1) is 0 Å². The third-order valence-electron chi connectivity index (χ3n) is 2.92. The number of rotatable bonds is 4. The van der Waals surface area contributed by atoms with Gasteiger partial charge in [-0.3, -0.25) is 4.79 Å². The predicted octanol–water partition coefficient (Wildman–Crippen LogP) is 3.84. The van der Waals surface area contributed by atoms with Crippen LogP contribution in [0, 0.1) is 16.7 Å². The molecule has 0 bridgehead atoms. The number of allylic oxidation sites excluding steroid dienone is 1. The number of hydrogen-bond acceptors (Lipinski definition) is 1. The molecule has 0 amide bonds. The Kier molecular flexibility index (Phi) is 4.11. The average Bonchev–Trinajstić information content (AvgIpc) is 1.99. The van der Waals surface area contributed by atoms with E-state index in [9.17, 15) is 4.79 Å². The smallest absolute Gasteiger partial charge is 0.161 e. The molecule has 0 fully saturated rings. The first-order valence-electron chi connectivity index (χ1n) is 5.30. The number of carbonyl (C=O) groups is 1. The summed E-state index contributed by atoms with van der Waals surface area (Å²) in [4.78, 5) is 11.8. The third kappa shape index (κ3) is 3.28. The molecule has 0 aliphatic carbocycles. The van der Waals surface area contributed by atoms with Crippen LogP contribution >= 0.6 is 0 Å². The van der Waals surface area contributed by atoms with Crippen molar-refractivity contribution < 1.29 is 4.79 Å². The lowest BCUT2D eigenvalue weighted by Crippen LogP contribution is -2.36. The maximum atomic E-state index is 11.8. The van der Waals surface area contributed by atoms with Crippen LogP contribution in [0.5, 0.6) is 0 Å². The van der Waals surface area contributed by atoms with Gasteiger partial charge >= 0.3 is 0 Å². The molecule has 1 unspecified atom stereocenters. The molecule has 0 rings (SSSR count). The summed E-state index contributed by atoms with van der Waals surface area (Å²) in [7, 11) is 0. The summed E-state index contributed by atoms with van der Waals surface area (Å²) in [5, 5.41) is 0. The Morgan fingerprint density at radius 1 is 1.29 bits per heavy atom. The molecule has 0 N–H and O–H groups in total.